The average Bonchev–Trinajstić information content (AvgIpc) is 3.44. The van der Waals surface area contributed by atoms with Gasteiger partial charge in [-0.3, -0.25) is 4.79 Å². The molecule has 2 aliphatic heterocycles. The number of H-pyrrole nitrogens is 1. The van der Waals surface area contributed by atoms with E-state index < -0.39 is 0 Å². The van der Waals surface area contributed by atoms with Crippen molar-refractivity contribution in [3.8, 4) is 0 Å². The van der Waals surface area contributed by atoms with Gasteiger partial charge in [0.2, 0.25) is 0 Å². The summed E-state index contributed by atoms with van der Waals surface area (Å²) >= 11 is 0. The Balaban J connectivity index is 1.46. The molecule has 148 valence electrons. The molecule has 3 fully saturated rings. The van der Waals surface area contributed by atoms with Crippen LogP contribution >= 0.6 is 0 Å². The molecule has 1 saturated carbocycles. The van der Waals surface area contributed by atoms with Gasteiger partial charge in [0.05, 0.1) is 19.3 Å². The monoisotopic (exact) mass is 379 g/mol. The van der Waals surface area contributed by atoms with Crippen molar-refractivity contribution >= 4 is 11.5 Å². The molecule has 3 aliphatic rings. The SMILES string of the molecule is C[C@@H]1COCCN1c1cc(N2CCCC2c2cccc(C3CC3)c2)[nH]c(=O)c1. The molecule has 0 spiro atoms. The van der Waals surface area contributed by atoms with E-state index in [1.165, 1.54) is 24.0 Å². The van der Waals surface area contributed by atoms with E-state index in [0.717, 1.165) is 43.4 Å². The highest BCUT2D eigenvalue weighted by molar-refractivity contribution is 5.57. The van der Waals surface area contributed by atoms with Crippen LogP contribution in [0.1, 0.15) is 55.7 Å². The van der Waals surface area contributed by atoms with Crippen LogP contribution < -0.4 is 15.4 Å². The van der Waals surface area contributed by atoms with Gasteiger partial charge in [-0.1, -0.05) is 24.3 Å². The molecule has 1 N–H and O–H groups in total. The third-order valence-corrected chi connectivity index (χ3v) is 6.42. The zero-order valence-corrected chi connectivity index (χ0v) is 16.6. The van der Waals surface area contributed by atoms with Crippen LogP contribution in [0.25, 0.3) is 0 Å². The minimum atomic E-state index is -0.0245. The van der Waals surface area contributed by atoms with Crippen molar-refractivity contribution in [3.05, 3.63) is 57.9 Å². The molecule has 2 saturated heterocycles. The van der Waals surface area contributed by atoms with Gasteiger partial charge in [-0.05, 0) is 49.7 Å². The van der Waals surface area contributed by atoms with Crippen molar-refractivity contribution in [1.29, 1.82) is 0 Å². The first-order valence-electron chi connectivity index (χ1n) is 10.6. The fraction of sp³-hybridized carbons (Fsp3) is 0.522. The Kier molecular flexibility index (Phi) is 4.63. The molecule has 1 unspecified atom stereocenters. The van der Waals surface area contributed by atoms with Crippen molar-refractivity contribution in [2.24, 2.45) is 0 Å². The molecule has 1 aliphatic carbocycles. The van der Waals surface area contributed by atoms with Crippen molar-refractivity contribution in [1.82, 2.24) is 4.98 Å². The first-order valence-corrected chi connectivity index (χ1v) is 10.6. The largest absolute Gasteiger partial charge is 0.377 e. The Labute approximate surface area is 166 Å². The first-order chi connectivity index (χ1) is 13.7. The molecular formula is C23H29N3O2. The van der Waals surface area contributed by atoms with E-state index in [2.05, 4.69) is 52.0 Å². The number of nitrogens with one attached hydrogen (secondary N) is 1. The van der Waals surface area contributed by atoms with E-state index in [4.69, 9.17) is 4.74 Å². The topological polar surface area (TPSA) is 48.6 Å². The fourth-order valence-electron chi connectivity index (χ4n) is 4.78. The summed E-state index contributed by atoms with van der Waals surface area (Å²) < 4.78 is 5.57. The van der Waals surface area contributed by atoms with Crippen molar-refractivity contribution < 1.29 is 4.74 Å². The Morgan fingerprint density at radius 3 is 2.71 bits per heavy atom. The number of anilines is 2. The highest BCUT2D eigenvalue weighted by Crippen LogP contribution is 2.42. The zero-order chi connectivity index (χ0) is 19.1. The highest BCUT2D eigenvalue weighted by atomic mass is 16.5. The second-order valence-electron chi connectivity index (χ2n) is 8.50. The number of aromatic amines is 1. The molecule has 3 heterocycles. The first kappa shape index (κ1) is 17.8. The van der Waals surface area contributed by atoms with Gasteiger partial charge in [-0.25, -0.2) is 0 Å². The molecule has 5 rings (SSSR count). The van der Waals surface area contributed by atoms with Gasteiger partial charge < -0.3 is 19.5 Å². The number of pyridine rings is 1. The maximum absolute atomic E-state index is 12.5. The molecule has 28 heavy (non-hydrogen) atoms. The van der Waals surface area contributed by atoms with Crippen LogP contribution in [0.2, 0.25) is 0 Å². The maximum Gasteiger partial charge on any atom is 0.251 e. The number of hydrogen-bond donors (Lipinski definition) is 1. The van der Waals surface area contributed by atoms with Gasteiger partial charge in [0, 0.05) is 37.0 Å². The number of aromatic nitrogens is 1. The Hall–Kier alpha value is -2.27. The standard InChI is InChI=1S/C23H29N3O2/c1-16-15-28-11-10-25(16)20-13-22(24-23(27)14-20)26-9-3-6-21(26)19-5-2-4-18(12-19)17-7-8-17/h2,4-5,12-14,16-17,21H,3,6-11,15H2,1H3,(H,24,27)/t16-,21?/m1/s1. The third kappa shape index (κ3) is 3.44. The van der Waals surface area contributed by atoms with Crippen LogP contribution in [-0.2, 0) is 4.74 Å². The summed E-state index contributed by atoms with van der Waals surface area (Å²) in [6.07, 6.45) is 4.93. The van der Waals surface area contributed by atoms with E-state index in [0.29, 0.717) is 19.3 Å². The Morgan fingerprint density at radius 1 is 1.04 bits per heavy atom. The fourth-order valence-corrected chi connectivity index (χ4v) is 4.78. The summed E-state index contributed by atoms with van der Waals surface area (Å²) in [6, 6.07) is 13.6. The molecule has 2 atom stereocenters. The minimum Gasteiger partial charge on any atom is -0.377 e. The van der Waals surface area contributed by atoms with Crippen molar-refractivity contribution in [3.63, 3.8) is 0 Å². The Bertz CT molecular complexity index is 905. The summed E-state index contributed by atoms with van der Waals surface area (Å²) in [5.41, 5.74) is 3.84. The second-order valence-corrected chi connectivity index (χ2v) is 8.50. The second kappa shape index (κ2) is 7.28. The van der Waals surface area contributed by atoms with E-state index in [1.54, 1.807) is 6.07 Å². The van der Waals surface area contributed by atoms with Gasteiger partial charge in [-0.15, -0.1) is 0 Å². The van der Waals surface area contributed by atoms with Gasteiger partial charge in [0.1, 0.15) is 5.82 Å². The summed E-state index contributed by atoms with van der Waals surface area (Å²) in [7, 11) is 0. The molecule has 2 aromatic rings. The minimum absolute atomic E-state index is 0.0245. The predicted octanol–water partition coefficient (Wildman–Crippen LogP) is 3.82. The van der Waals surface area contributed by atoms with Gasteiger partial charge >= 0.3 is 0 Å². The normalized spacial score (nSPS) is 25.3. The number of rotatable bonds is 4. The molecule has 1 aromatic carbocycles. The van der Waals surface area contributed by atoms with Crippen molar-refractivity contribution in [2.75, 3.05) is 36.1 Å². The lowest BCUT2D eigenvalue weighted by Gasteiger charge is -2.36. The molecular weight excluding hydrogens is 350 g/mol. The quantitative estimate of drug-likeness (QED) is 0.877. The number of morpholine rings is 1. The smallest absolute Gasteiger partial charge is 0.251 e. The number of hydrogen-bond acceptors (Lipinski definition) is 4. The molecule has 1 aromatic heterocycles. The van der Waals surface area contributed by atoms with Crippen LogP contribution in [-0.4, -0.2) is 37.3 Å². The van der Waals surface area contributed by atoms with Gasteiger partial charge in [0.15, 0.2) is 0 Å². The van der Waals surface area contributed by atoms with Crippen LogP contribution in [0.3, 0.4) is 0 Å². The number of benzene rings is 1. The van der Waals surface area contributed by atoms with Crippen LogP contribution in [0, 0.1) is 0 Å². The predicted molar refractivity (Wildman–Crippen MR) is 112 cm³/mol. The molecule has 5 nitrogen and oxygen atoms in total. The molecule has 0 radical (unpaired) electrons. The van der Waals surface area contributed by atoms with Gasteiger partial charge in [0.25, 0.3) is 5.56 Å². The lowest BCUT2D eigenvalue weighted by molar-refractivity contribution is 0.0989. The van der Waals surface area contributed by atoms with Crippen LogP contribution in [0.4, 0.5) is 11.5 Å². The van der Waals surface area contributed by atoms with Crippen LogP contribution in [0.15, 0.2) is 41.2 Å². The lowest BCUT2D eigenvalue weighted by atomic mass is 10.00. The Morgan fingerprint density at radius 2 is 1.89 bits per heavy atom. The maximum atomic E-state index is 12.5. The molecule has 0 amide bonds. The van der Waals surface area contributed by atoms with Crippen LogP contribution in [0.5, 0.6) is 0 Å². The van der Waals surface area contributed by atoms with E-state index in [9.17, 15) is 4.79 Å². The van der Waals surface area contributed by atoms with Gasteiger partial charge in [-0.2, -0.15) is 0 Å². The lowest BCUT2D eigenvalue weighted by Crippen LogP contribution is -2.44. The number of ether oxygens (including phenoxy) is 1. The van der Waals surface area contributed by atoms with Crippen molar-refractivity contribution in [2.45, 2.75) is 50.6 Å². The number of nitrogens with zero attached hydrogens (tertiary/aromatic N) is 2. The zero-order valence-electron chi connectivity index (χ0n) is 16.6. The average molecular weight is 380 g/mol. The highest BCUT2D eigenvalue weighted by Gasteiger charge is 2.30. The van der Waals surface area contributed by atoms with E-state index >= 15 is 0 Å². The van der Waals surface area contributed by atoms with E-state index in [1.807, 2.05) is 0 Å². The summed E-state index contributed by atoms with van der Waals surface area (Å²) in [5.74, 6) is 1.71. The molecule has 0 bridgehead atoms. The third-order valence-electron chi connectivity index (χ3n) is 6.42. The summed E-state index contributed by atoms with van der Waals surface area (Å²) in [6.45, 7) is 5.39. The molecule has 5 heteroatoms. The van der Waals surface area contributed by atoms with E-state index in [-0.39, 0.29) is 11.6 Å². The summed E-state index contributed by atoms with van der Waals surface area (Å²) in [5, 5.41) is 0. The summed E-state index contributed by atoms with van der Waals surface area (Å²) in [4.78, 5) is 20.3.